The van der Waals surface area contributed by atoms with Crippen molar-refractivity contribution in [2.45, 2.75) is 20.8 Å². The van der Waals surface area contributed by atoms with Crippen molar-refractivity contribution in [3.05, 3.63) is 59.2 Å². The van der Waals surface area contributed by atoms with E-state index in [1.165, 1.54) is 16.7 Å². The molecule has 0 spiro atoms. The highest BCUT2D eigenvalue weighted by Gasteiger charge is 2.09. The van der Waals surface area contributed by atoms with Crippen molar-refractivity contribution in [1.29, 1.82) is 0 Å². The maximum Gasteiger partial charge on any atom is 0.128 e. The van der Waals surface area contributed by atoms with Crippen molar-refractivity contribution in [3.8, 4) is 17.0 Å². The summed E-state index contributed by atoms with van der Waals surface area (Å²) in [6.07, 6.45) is 0. The fourth-order valence-electron chi connectivity index (χ4n) is 2.85. The van der Waals surface area contributed by atoms with Crippen molar-refractivity contribution in [1.82, 2.24) is 4.98 Å². The van der Waals surface area contributed by atoms with Crippen LogP contribution in [0.4, 0.5) is 0 Å². The Hall–Kier alpha value is -2.35. The summed E-state index contributed by atoms with van der Waals surface area (Å²) in [6, 6.07) is 14.7. The molecule has 0 saturated heterocycles. The summed E-state index contributed by atoms with van der Waals surface area (Å²) in [7, 11) is 1.70. The van der Waals surface area contributed by atoms with Gasteiger partial charge in [-0.15, -0.1) is 0 Å². The van der Waals surface area contributed by atoms with Gasteiger partial charge in [-0.3, -0.25) is 0 Å². The molecule has 0 saturated carbocycles. The smallest absolute Gasteiger partial charge is 0.128 e. The number of rotatable bonds is 2. The second-order valence-electron chi connectivity index (χ2n) is 5.56. The minimum absolute atomic E-state index is 0.870. The first kappa shape index (κ1) is 13.6. The normalized spacial score (nSPS) is 10.9. The Balaban J connectivity index is 2.26. The van der Waals surface area contributed by atoms with Crippen LogP contribution in [0.2, 0.25) is 0 Å². The average molecular weight is 277 g/mol. The van der Waals surface area contributed by atoms with Crippen LogP contribution in [0.25, 0.3) is 22.2 Å². The molecule has 0 amide bonds. The Morgan fingerprint density at radius 3 is 2.29 bits per heavy atom. The van der Waals surface area contributed by atoms with Crippen molar-refractivity contribution >= 4 is 10.9 Å². The summed E-state index contributed by atoms with van der Waals surface area (Å²) in [5.41, 5.74) is 6.87. The largest absolute Gasteiger partial charge is 0.496 e. The third-order valence-corrected chi connectivity index (χ3v) is 3.72. The predicted molar refractivity (Wildman–Crippen MR) is 87.9 cm³/mol. The van der Waals surface area contributed by atoms with E-state index < -0.39 is 0 Å². The van der Waals surface area contributed by atoms with E-state index in [1.807, 2.05) is 18.2 Å². The predicted octanol–water partition coefficient (Wildman–Crippen LogP) is 4.84. The topological polar surface area (TPSA) is 22.1 Å². The van der Waals surface area contributed by atoms with E-state index in [0.29, 0.717) is 0 Å². The lowest BCUT2D eigenvalue weighted by Gasteiger charge is -2.11. The number of nitrogens with zero attached hydrogens (tertiary/aromatic N) is 1. The van der Waals surface area contributed by atoms with Crippen LogP contribution in [0, 0.1) is 20.8 Å². The number of methoxy groups -OCH3 is 1. The molecule has 0 aliphatic heterocycles. The Morgan fingerprint density at radius 1 is 0.905 bits per heavy atom. The molecule has 0 unspecified atom stereocenters. The van der Waals surface area contributed by atoms with Gasteiger partial charge in [0.1, 0.15) is 5.75 Å². The van der Waals surface area contributed by atoms with Crippen LogP contribution in [-0.4, -0.2) is 12.1 Å². The molecular formula is C19H19NO. The molecule has 0 atom stereocenters. The summed E-state index contributed by atoms with van der Waals surface area (Å²) in [6.45, 7) is 6.34. The molecule has 0 aliphatic carbocycles. The van der Waals surface area contributed by atoms with Gasteiger partial charge in [0.05, 0.1) is 18.3 Å². The first-order valence-electron chi connectivity index (χ1n) is 7.11. The molecule has 2 aromatic carbocycles. The Morgan fingerprint density at radius 2 is 1.62 bits per heavy atom. The van der Waals surface area contributed by atoms with E-state index in [0.717, 1.165) is 27.9 Å². The summed E-state index contributed by atoms with van der Waals surface area (Å²) >= 11 is 0. The van der Waals surface area contributed by atoms with Crippen LogP contribution in [0.1, 0.15) is 16.7 Å². The van der Waals surface area contributed by atoms with Gasteiger partial charge in [-0.05, 0) is 56.7 Å². The summed E-state index contributed by atoms with van der Waals surface area (Å²) in [5, 5.41) is 1.06. The van der Waals surface area contributed by atoms with Gasteiger partial charge in [0.25, 0.3) is 0 Å². The van der Waals surface area contributed by atoms with Crippen molar-refractivity contribution in [3.63, 3.8) is 0 Å². The SMILES string of the molecule is COc1cccc2nc(-c3cc(C)cc(C)c3)c(C)cc12. The van der Waals surface area contributed by atoms with Crippen LogP contribution in [0.3, 0.4) is 0 Å². The molecular weight excluding hydrogens is 258 g/mol. The first-order valence-corrected chi connectivity index (χ1v) is 7.11. The van der Waals surface area contributed by atoms with E-state index in [-0.39, 0.29) is 0 Å². The Labute approximate surface area is 125 Å². The van der Waals surface area contributed by atoms with Crippen LogP contribution in [0.5, 0.6) is 5.75 Å². The molecule has 3 rings (SSSR count). The zero-order valence-corrected chi connectivity index (χ0v) is 12.9. The fraction of sp³-hybridized carbons (Fsp3) is 0.211. The average Bonchev–Trinajstić information content (AvgIpc) is 2.45. The number of hydrogen-bond acceptors (Lipinski definition) is 2. The van der Waals surface area contributed by atoms with Crippen molar-refractivity contribution < 1.29 is 4.74 Å². The summed E-state index contributed by atoms with van der Waals surface area (Å²) in [4.78, 5) is 4.86. The number of hydrogen-bond donors (Lipinski definition) is 0. The molecule has 1 aromatic heterocycles. The second-order valence-corrected chi connectivity index (χ2v) is 5.56. The van der Waals surface area contributed by atoms with E-state index in [1.54, 1.807) is 7.11 Å². The zero-order valence-electron chi connectivity index (χ0n) is 12.9. The van der Waals surface area contributed by atoms with Gasteiger partial charge in [-0.2, -0.15) is 0 Å². The van der Waals surface area contributed by atoms with Gasteiger partial charge in [-0.1, -0.05) is 23.3 Å². The molecule has 2 heteroatoms. The molecule has 0 aliphatic rings. The maximum atomic E-state index is 5.43. The molecule has 2 nitrogen and oxygen atoms in total. The monoisotopic (exact) mass is 277 g/mol. The number of pyridine rings is 1. The van der Waals surface area contributed by atoms with E-state index in [9.17, 15) is 0 Å². The first-order chi connectivity index (χ1) is 10.1. The molecule has 106 valence electrons. The molecule has 0 N–H and O–H groups in total. The Bertz CT molecular complexity index is 801. The van der Waals surface area contributed by atoms with Gasteiger partial charge in [0, 0.05) is 10.9 Å². The number of fused-ring (bicyclic) bond motifs is 1. The van der Waals surface area contributed by atoms with Crippen molar-refractivity contribution in [2.75, 3.05) is 7.11 Å². The highest BCUT2D eigenvalue weighted by molar-refractivity contribution is 5.88. The van der Waals surface area contributed by atoms with E-state index >= 15 is 0 Å². The van der Waals surface area contributed by atoms with Gasteiger partial charge < -0.3 is 4.74 Å². The minimum Gasteiger partial charge on any atom is -0.496 e. The second kappa shape index (κ2) is 5.21. The van der Waals surface area contributed by atoms with Gasteiger partial charge >= 0.3 is 0 Å². The third-order valence-electron chi connectivity index (χ3n) is 3.72. The zero-order chi connectivity index (χ0) is 15.0. The molecule has 0 fully saturated rings. The molecule has 3 aromatic rings. The molecule has 21 heavy (non-hydrogen) atoms. The molecule has 1 heterocycles. The number of aryl methyl sites for hydroxylation is 3. The highest BCUT2D eigenvalue weighted by Crippen LogP contribution is 2.30. The van der Waals surface area contributed by atoms with Crippen LogP contribution in [0.15, 0.2) is 42.5 Å². The van der Waals surface area contributed by atoms with E-state index in [2.05, 4.69) is 45.0 Å². The lowest BCUT2D eigenvalue weighted by atomic mass is 10.0. The quantitative estimate of drug-likeness (QED) is 0.669. The number of aromatic nitrogens is 1. The number of ether oxygens (including phenoxy) is 1. The van der Waals surface area contributed by atoms with Crippen LogP contribution >= 0.6 is 0 Å². The fourth-order valence-corrected chi connectivity index (χ4v) is 2.85. The van der Waals surface area contributed by atoms with Crippen LogP contribution < -0.4 is 4.74 Å². The Kier molecular flexibility index (Phi) is 3.38. The third kappa shape index (κ3) is 2.49. The van der Waals surface area contributed by atoms with Gasteiger partial charge in [0.2, 0.25) is 0 Å². The standard InChI is InChI=1S/C19H19NO/c1-12-8-13(2)10-15(9-12)19-14(3)11-16-17(20-19)6-5-7-18(16)21-4/h5-11H,1-4H3. The van der Waals surface area contributed by atoms with Gasteiger partial charge in [-0.25, -0.2) is 4.98 Å². The molecule has 0 radical (unpaired) electrons. The highest BCUT2D eigenvalue weighted by atomic mass is 16.5. The lowest BCUT2D eigenvalue weighted by Crippen LogP contribution is -1.93. The van der Waals surface area contributed by atoms with E-state index in [4.69, 9.17) is 9.72 Å². The van der Waals surface area contributed by atoms with Gasteiger partial charge in [0.15, 0.2) is 0 Å². The molecule has 0 bridgehead atoms. The summed E-state index contributed by atoms with van der Waals surface area (Å²) < 4.78 is 5.43. The summed E-state index contributed by atoms with van der Waals surface area (Å²) in [5.74, 6) is 0.870. The van der Waals surface area contributed by atoms with Crippen LogP contribution in [-0.2, 0) is 0 Å². The lowest BCUT2D eigenvalue weighted by molar-refractivity contribution is 0.419. The maximum absolute atomic E-state index is 5.43. The number of benzene rings is 2. The van der Waals surface area contributed by atoms with Crippen molar-refractivity contribution in [2.24, 2.45) is 0 Å². The minimum atomic E-state index is 0.870.